The molecule has 5 aromatic rings. The van der Waals surface area contributed by atoms with Gasteiger partial charge in [0.05, 0.1) is 32.5 Å². The molecular formula is C46H56N6O8S2+2. The van der Waals surface area contributed by atoms with E-state index in [1.165, 1.54) is 0 Å². The molecule has 16 heteroatoms. The molecule has 0 aliphatic carbocycles. The van der Waals surface area contributed by atoms with Crippen LogP contribution in [0.1, 0.15) is 17.0 Å². The van der Waals surface area contributed by atoms with Crippen molar-refractivity contribution >= 4 is 79.8 Å². The number of nitrogens with one attached hydrogen (secondary N) is 3. The van der Waals surface area contributed by atoms with E-state index in [0.29, 0.717) is 62.2 Å². The maximum atomic E-state index is 13.1. The highest BCUT2D eigenvalue weighted by molar-refractivity contribution is 8.76. The molecule has 0 saturated heterocycles. The number of fused-ring (bicyclic) bond motifs is 2. The molecule has 0 saturated carbocycles. The van der Waals surface area contributed by atoms with E-state index in [1.807, 2.05) is 136 Å². The topological polar surface area (TPSA) is 176 Å². The number of amides is 2. The Bertz CT molecular complexity index is 2230. The summed E-state index contributed by atoms with van der Waals surface area (Å²) in [5.74, 6) is 2.48. The van der Waals surface area contributed by atoms with Gasteiger partial charge in [0.1, 0.15) is 0 Å². The van der Waals surface area contributed by atoms with E-state index in [4.69, 9.17) is 9.15 Å². The summed E-state index contributed by atoms with van der Waals surface area (Å²) in [5, 5.41) is 43.5. The number of benzene rings is 4. The minimum Gasteiger partial charge on any atom is -0.432 e. The van der Waals surface area contributed by atoms with Gasteiger partial charge in [-0.1, -0.05) is 70.1 Å². The van der Waals surface area contributed by atoms with Gasteiger partial charge in [-0.05, 0) is 59.7 Å². The molecule has 14 nitrogen and oxygen atoms in total. The molecule has 62 heavy (non-hydrogen) atoms. The Morgan fingerprint density at radius 3 is 1.84 bits per heavy atom. The van der Waals surface area contributed by atoms with Crippen LogP contribution in [0.2, 0.25) is 0 Å². The summed E-state index contributed by atoms with van der Waals surface area (Å²) in [6.45, 7) is 3.03. The molecule has 0 radical (unpaired) electrons. The summed E-state index contributed by atoms with van der Waals surface area (Å²) >= 11 is 0. The molecule has 1 aliphatic heterocycles. The van der Waals surface area contributed by atoms with Crippen molar-refractivity contribution in [3.63, 3.8) is 0 Å². The van der Waals surface area contributed by atoms with Gasteiger partial charge in [-0.2, -0.15) is 0 Å². The van der Waals surface area contributed by atoms with E-state index >= 15 is 0 Å². The van der Waals surface area contributed by atoms with Crippen LogP contribution in [-0.2, 0) is 16.1 Å². The number of carbonyl (C=O) groups excluding carboxylic acids is 2. The normalized spacial score (nSPS) is 14.6. The van der Waals surface area contributed by atoms with Gasteiger partial charge in [0.25, 0.3) is 23.6 Å². The molecule has 0 bridgehead atoms. The Morgan fingerprint density at radius 2 is 1.23 bits per heavy atom. The lowest BCUT2D eigenvalue weighted by molar-refractivity contribution is -0.853. The summed E-state index contributed by atoms with van der Waals surface area (Å²) in [5.41, 5.74) is 6.14. The van der Waals surface area contributed by atoms with Gasteiger partial charge in [-0.25, -0.2) is 0 Å². The second kappa shape index (κ2) is 24.3. The van der Waals surface area contributed by atoms with Crippen LogP contribution < -0.4 is 34.6 Å². The maximum Gasteiger partial charge on any atom is 0.374 e. The lowest BCUT2D eigenvalue weighted by atomic mass is 10.1. The quantitative estimate of drug-likeness (QED) is 0.0260. The largest absolute Gasteiger partial charge is 0.432 e. The SMILES string of the molecule is O=C(C[n+]1c(/C=C/c2ccc(N(CCO)CCO)cc2)oc2ccccc21)NCCSSCCNC(=O)C[NH+]1c2ccccc2OC1/C=C/c1ccc(N(CCO)CCO)cc1. The summed E-state index contributed by atoms with van der Waals surface area (Å²) < 4.78 is 14.2. The number of aliphatic hydroxyl groups is 4. The monoisotopic (exact) mass is 884 g/mol. The number of hydrogen-bond acceptors (Lipinski definition) is 12. The molecular weight excluding hydrogens is 829 g/mol. The van der Waals surface area contributed by atoms with Gasteiger partial charge in [-0.3, -0.25) is 14.5 Å². The van der Waals surface area contributed by atoms with Gasteiger partial charge in [-0.15, -0.1) is 4.57 Å². The second-order valence-electron chi connectivity index (χ2n) is 14.3. The minimum atomic E-state index is -0.385. The minimum absolute atomic E-state index is 0.000646. The predicted molar refractivity (Wildman–Crippen MR) is 247 cm³/mol. The number of oxazole rings is 1. The Morgan fingerprint density at radius 1 is 0.677 bits per heavy atom. The highest BCUT2D eigenvalue weighted by Crippen LogP contribution is 2.27. The van der Waals surface area contributed by atoms with Crippen molar-refractivity contribution in [1.29, 1.82) is 0 Å². The highest BCUT2D eigenvalue weighted by Gasteiger charge is 2.36. The second-order valence-corrected chi connectivity index (χ2v) is 17.0. The fraction of sp³-hybridized carbons (Fsp3) is 0.326. The van der Waals surface area contributed by atoms with Gasteiger partial charge < -0.3 is 50.0 Å². The zero-order valence-electron chi connectivity index (χ0n) is 34.6. The Balaban J connectivity index is 0.922. The number of carbonyl (C=O) groups is 2. The fourth-order valence-corrected chi connectivity index (χ4v) is 8.90. The first-order valence-corrected chi connectivity index (χ1v) is 23.2. The Hall–Kier alpha value is -5.33. The molecule has 2 unspecified atom stereocenters. The number of nitrogens with zero attached hydrogens (tertiary/aromatic N) is 3. The maximum absolute atomic E-state index is 13.1. The van der Waals surface area contributed by atoms with Gasteiger partial charge in [0.15, 0.2) is 18.0 Å². The summed E-state index contributed by atoms with van der Waals surface area (Å²) in [6, 6.07) is 31.0. The molecule has 7 N–H and O–H groups in total. The van der Waals surface area contributed by atoms with E-state index in [9.17, 15) is 30.0 Å². The van der Waals surface area contributed by atoms with Crippen molar-refractivity contribution < 1.29 is 48.6 Å². The van der Waals surface area contributed by atoms with Crippen LogP contribution in [0.3, 0.4) is 0 Å². The zero-order valence-corrected chi connectivity index (χ0v) is 36.2. The molecule has 6 rings (SSSR count). The number of rotatable bonds is 25. The molecule has 0 spiro atoms. The predicted octanol–water partition coefficient (Wildman–Crippen LogP) is 2.74. The van der Waals surface area contributed by atoms with E-state index < -0.39 is 0 Å². The molecule has 1 aliphatic rings. The number of hydrogen-bond donors (Lipinski definition) is 7. The average Bonchev–Trinajstić information content (AvgIpc) is 3.82. The number of quaternary nitrogens is 1. The molecule has 0 fully saturated rings. The lowest BCUT2D eigenvalue weighted by Gasteiger charge is -2.23. The average molecular weight is 885 g/mol. The Labute approximate surface area is 369 Å². The Kier molecular flexibility index (Phi) is 18.1. The van der Waals surface area contributed by atoms with Crippen LogP contribution in [0, 0.1) is 0 Å². The number of aliphatic hydroxyl groups excluding tert-OH is 4. The molecule has 328 valence electrons. The molecule has 1 aromatic heterocycles. The van der Waals surface area contributed by atoms with E-state index in [-0.39, 0.29) is 57.6 Å². The van der Waals surface area contributed by atoms with Crippen LogP contribution in [0.4, 0.5) is 17.1 Å². The fourth-order valence-electron chi connectivity index (χ4n) is 7.09. The number of para-hydroxylation sites is 4. The molecule has 2 heterocycles. The molecule has 2 amide bonds. The van der Waals surface area contributed by atoms with E-state index in [2.05, 4.69) is 10.6 Å². The summed E-state index contributed by atoms with van der Waals surface area (Å²) in [6.07, 6.45) is 7.32. The van der Waals surface area contributed by atoms with Gasteiger partial charge >= 0.3 is 5.89 Å². The number of ether oxygens (including phenoxy) is 1. The third kappa shape index (κ3) is 13.1. The summed E-state index contributed by atoms with van der Waals surface area (Å²) in [7, 11) is 3.28. The van der Waals surface area contributed by atoms with Gasteiger partial charge in [0, 0.05) is 80.4 Å². The smallest absolute Gasteiger partial charge is 0.374 e. The van der Waals surface area contributed by atoms with Crippen molar-refractivity contribution in [3.8, 4) is 5.75 Å². The van der Waals surface area contributed by atoms with E-state index in [1.54, 1.807) is 21.6 Å². The number of aromatic nitrogens is 1. The van der Waals surface area contributed by atoms with Crippen molar-refractivity contribution in [2.75, 3.05) is 93.5 Å². The summed E-state index contributed by atoms with van der Waals surface area (Å²) in [4.78, 5) is 31.0. The molecule has 2 atom stereocenters. The van der Waals surface area contributed by atoms with E-state index in [0.717, 1.165) is 44.4 Å². The van der Waals surface area contributed by atoms with Gasteiger partial charge in [0.2, 0.25) is 12.1 Å². The van der Waals surface area contributed by atoms with Crippen molar-refractivity contribution in [2.45, 2.75) is 12.8 Å². The standard InChI is InChI=1S/C46H54N6O8S2/c53-27-23-49(24-28-54)37-15-9-35(10-16-37)13-19-45-51(39-5-1-3-7-41(39)59-45)33-43(57)47-21-31-61-62-32-22-48-44(58)34-52-40-6-2-4-8-42(40)60-46(52)20-14-36-11-17-38(18-12-36)50(25-29-55)26-30-56/h1-20,45,53-56H,21-34H2,(H-,47,48,57,58)/p+2/b19-13+. The van der Waals surface area contributed by atoms with Crippen molar-refractivity contribution in [3.05, 3.63) is 120 Å². The number of anilines is 2. The first kappa shape index (κ1) is 46.2. The zero-order chi connectivity index (χ0) is 43.5. The van der Waals surface area contributed by atoms with Crippen LogP contribution in [0.25, 0.3) is 29.3 Å². The van der Waals surface area contributed by atoms with Crippen LogP contribution in [0.5, 0.6) is 5.75 Å². The lowest BCUT2D eigenvalue weighted by Crippen LogP contribution is -3.11. The van der Waals surface area contributed by atoms with Crippen molar-refractivity contribution in [1.82, 2.24) is 10.6 Å². The molecule has 4 aromatic carbocycles. The third-order valence-electron chi connectivity index (χ3n) is 10.1. The van der Waals surface area contributed by atoms with Crippen molar-refractivity contribution in [2.24, 2.45) is 0 Å². The van der Waals surface area contributed by atoms with Crippen LogP contribution in [0.15, 0.2) is 108 Å². The first-order valence-electron chi connectivity index (χ1n) is 20.7. The highest BCUT2D eigenvalue weighted by atomic mass is 33.1. The third-order valence-corrected chi connectivity index (χ3v) is 12.5. The van der Waals surface area contributed by atoms with Crippen LogP contribution >= 0.6 is 21.6 Å². The first-order chi connectivity index (χ1) is 30.4. The van der Waals surface area contributed by atoms with Crippen LogP contribution in [-0.4, -0.2) is 122 Å².